The first-order valence-corrected chi connectivity index (χ1v) is 7.02. The third-order valence-corrected chi connectivity index (χ3v) is 3.42. The first-order valence-electron chi connectivity index (χ1n) is 6.65. The number of benzene rings is 1. The van der Waals surface area contributed by atoms with Crippen LogP contribution in [-0.4, -0.2) is 30.1 Å². The molecule has 0 aromatic heterocycles. The predicted octanol–water partition coefficient (Wildman–Crippen LogP) is 3.74. The van der Waals surface area contributed by atoms with Gasteiger partial charge in [0.15, 0.2) is 0 Å². The second-order valence-corrected chi connectivity index (χ2v) is 5.57. The van der Waals surface area contributed by atoms with Crippen molar-refractivity contribution in [2.24, 2.45) is 0 Å². The first kappa shape index (κ1) is 15.8. The van der Waals surface area contributed by atoms with E-state index in [1.54, 1.807) is 12.1 Å². The molecule has 4 heteroatoms. The molecule has 0 saturated carbocycles. The maximum Gasteiger partial charge on any atom is 0.0992 e. The van der Waals surface area contributed by atoms with Gasteiger partial charge in [-0.15, -0.1) is 0 Å². The molecule has 0 fully saturated rings. The van der Waals surface area contributed by atoms with E-state index in [4.69, 9.17) is 16.9 Å². The Kier molecular flexibility index (Phi) is 6.14. The lowest BCUT2D eigenvalue weighted by molar-refractivity contribution is 0.182. The van der Waals surface area contributed by atoms with Gasteiger partial charge in [0.05, 0.1) is 22.3 Å². The summed E-state index contributed by atoms with van der Waals surface area (Å²) in [6.07, 6.45) is 0. The molecule has 0 aliphatic rings. The van der Waals surface area contributed by atoms with Crippen molar-refractivity contribution in [1.29, 1.82) is 5.26 Å². The summed E-state index contributed by atoms with van der Waals surface area (Å²) in [6.45, 7) is 10.6. The Morgan fingerprint density at radius 1 is 1.26 bits per heavy atom. The molecule has 1 aromatic carbocycles. The van der Waals surface area contributed by atoms with E-state index in [1.807, 2.05) is 6.07 Å². The van der Waals surface area contributed by atoms with Crippen molar-refractivity contribution < 1.29 is 0 Å². The largest absolute Gasteiger partial charge is 0.383 e. The van der Waals surface area contributed by atoms with Gasteiger partial charge < -0.3 is 5.32 Å². The third-order valence-electron chi connectivity index (χ3n) is 3.11. The summed E-state index contributed by atoms with van der Waals surface area (Å²) in [5.74, 6) is 0. The Balaban J connectivity index is 2.56. The van der Waals surface area contributed by atoms with Crippen LogP contribution in [0.25, 0.3) is 0 Å². The molecule has 1 aromatic rings. The maximum atomic E-state index is 8.79. The third kappa shape index (κ3) is 4.74. The van der Waals surface area contributed by atoms with Gasteiger partial charge in [-0.2, -0.15) is 5.26 Å². The van der Waals surface area contributed by atoms with Crippen molar-refractivity contribution in [3.8, 4) is 6.07 Å². The molecule has 0 aliphatic carbocycles. The van der Waals surface area contributed by atoms with Crippen molar-refractivity contribution in [2.75, 3.05) is 18.4 Å². The van der Waals surface area contributed by atoms with Gasteiger partial charge in [0.25, 0.3) is 0 Å². The average Bonchev–Trinajstić information content (AvgIpc) is 2.35. The molecule has 1 N–H and O–H groups in total. The fourth-order valence-corrected chi connectivity index (χ4v) is 2.41. The average molecular weight is 280 g/mol. The van der Waals surface area contributed by atoms with Gasteiger partial charge in [0.1, 0.15) is 0 Å². The van der Waals surface area contributed by atoms with Crippen LogP contribution in [0.4, 0.5) is 5.69 Å². The number of hydrogen-bond donors (Lipinski definition) is 1. The Bertz CT molecular complexity index is 441. The lowest BCUT2D eigenvalue weighted by atomic mass is 10.2. The SMILES string of the molecule is CC(C)N(CCNc1ccc(C#N)cc1Cl)C(C)C. The van der Waals surface area contributed by atoms with E-state index >= 15 is 0 Å². The van der Waals surface area contributed by atoms with E-state index in [-0.39, 0.29) is 0 Å². The summed E-state index contributed by atoms with van der Waals surface area (Å²) in [7, 11) is 0. The van der Waals surface area contributed by atoms with Gasteiger partial charge in [-0.1, -0.05) is 11.6 Å². The van der Waals surface area contributed by atoms with Gasteiger partial charge in [-0.05, 0) is 45.9 Å². The quantitative estimate of drug-likeness (QED) is 0.862. The molecule has 0 radical (unpaired) electrons. The molecule has 1 rings (SSSR count). The first-order chi connectivity index (χ1) is 8.95. The molecule has 19 heavy (non-hydrogen) atoms. The van der Waals surface area contributed by atoms with Crippen LogP contribution in [0, 0.1) is 11.3 Å². The zero-order valence-corrected chi connectivity index (χ0v) is 12.8. The molecular weight excluding hydrogens is 258 g/mol. The molecule has 0 unspecified atom stereocenters. The summed E-state index contributed by atoms with van der Waals surface area (Å²) in [6, 6.07) is 8.45. The van der Waals surface area contributed by atoms with Crippen molar-refractivity contribution in [3.05, 3.63) is 28.8 Å². The molecular formula is C15H22ClN3. The Morgan fingerprint density at radius 2 is 1.89 bits per heavy atom. The molecule has 0 atom stereocenters. The highest BCUT2D eigenvalue weighted by atomic mass is 35.5. The van der Waals surface area contributed by atoms with Crippen LogP contribution in [0.2, 0.25) is 5.02 Å². The summed E-state index contributed by atoms with van der Waals surface area (Å²) >= 11 is 6.12. The molecule has 0 amide bonds. The summed E-state index contributed by atoms with van der Waals surface area (Å²) in [4.78, 5) is 2.42. The number of nitrogens with one attached hydrogen (secondary N) is 1. The van der Waals surface area contributed by atoms with Gasteiger partial charge >= 0.3 is 0 Å². The van der Waals surface area contributed by atoms with Gasteiger partial charge in [0.2, 0.25) is 0 Å². The van der Waals surface area contributed by atoms with Crippen LogP contribution in [0.1, 0.15) is 33.3 Å². The highest BCUT2D eigenvalue weighted by Gasteiger charge is 2.12. The maximum absolute atomic E-state index is 8.79. The zero-order chi connectivity index (χ0) is 14.4. The van der Waals surface area contributed by atoms with Crippen LogP contribution < -0.4 is 5.32 Å². The number of anilines is 1. The minimum absolute atomic E-state index is 0.526. The molecule has 0 heterocycles. The van der Waals surface area contributed by atoms with E-state index < -0.39 is 0 Å². The standard InChI is InChI=1S/C15H22ClN3/c1-11(2)19(12(3)4)8-7-18-15-6-5-13(10-17)9-14(15)16/h5-6,9,11-12,18H,7-8H2,1-4H3. The Labute approximate surface area is 121 Å². The monoisotopic (exact) mass is 279 g/mol. The molecule has 0 saturated heterocycles. The van der Waals surface area contributed by atoms with Crippen molar-refractivity contribution >= 4 is 17.3 Å². The molecule has 104 valence electrons. The smallest absolute Gasteiger partial charge is 0.0992 e. The summed E-state index contributed by atoms with van der Waals surface area (Å²) < 4.78 is 0. The van der Waals surface area contributed by atoms with E-state index in [9.17, 15) is 0 Å². The van der Waals surface area contributed by atoms with Gasteiger partial charge in [0, 0.05) is 25.2 Å². The van der Waals surface area contributed by atoms with E-state index in [2.05, 4.69) is 44.0 Å². The number of rotatable bonds is 6. The Morgan fingerprint density at radius 3 is 2.37 bits per heavy atom. The number of hydrogen-bond acceptors (Lipinski definition) is 3. The zero-order valence-electron chi connectivity index (χ0n) is 12.1. The van der Waals surface area contributed by atoms with Crippen LogP contribution in [0.15, 0.2) is 18.2 Å². The van der Waals surface area contributed by atoms with Crippen LogP contribution in [0.3, 0.4) is 0 Å². The van der Waals surface area contributed by atoms with Crippen LogP contribution >= 0.6 is 11.6 Å². The molecule has 0 aliphatic heterocycles. The number of nitriles is 1. The second-order valence-electron chi connectivity index (χ2n) is 5.16. The summed E-state index contributed by atoms with van der Waals surface area (Å²) in [5.41, 5.74) is 1.47. The topological polar surface area (TPSA) is 39.1 Å². The number of nitrogens with zero attached hydrogens (tertiary/aromatic N) is 2. The lowest BCUT2D eigenvalue weighted by Gasteiger charge is -2.30. The minimum Gasteiger partial charge on any atom is -0.383 e. The van der Waals surface area contributed by atoms with E-state index in [1.165, 1.54) is 0 Å². The van der Waals surface area contributed by atoms with Crippen molar-refractivity contribution in [1.82, 2.24) is 4.90 Å². The van der Waals surface area contributed by atoms with E-state index in [0.717, 1.165) is 18.8 Å². The second kappa shape index (κ2) is 7.37. The fourth-order valence-electron chi connectivity index (χ4n) is 2.16. The van der Waals surface area contributed by atoms with Crippen molar-refractivity contribution in [2.45, 2.75) is 39.8 Å². The molecule has 3 nitrogen and oxygen atoms in total. The number of halogens is 1. The van der Waals surface area contributed by atoms with Gasteiger partial charge in [-0.3, -0.25) is 4.90 Å². The normalized spacial score (nSPS) is 11.1. The Hall–Kier alpha value is -1.24. The van der Waals surface area contributed by atoms with Crippen molar-refractivity contribution in [3.63, 3.8) is 0 Å². The van der Waals surface area contributed by atoms with Gasteiger partial charge in [-0.25, -0.2) is 0 Å². The minimum atomic E-state index is 0.526. The lowest BCUT2D eigenvalue weighted by Crippen LogP contribution is -2.40. The highest BCUT2D eigenvalue weighted by molar-refractivity contribution is 6.33. The van der Waals surface area contributed by atoms with E-state index in [0.29, 0.717) is 22.7 Å². The molecule has 0 bridgehead atoms. The van der Waals surface area contributed by atoms with Crippen LogP contribution in [0.5, 0.6) is 0 Å². The molecule has 0 spiro atoms. The summed E-state index contributed by atoms with van der Waals surface area (Å²) in [5, 5.41) is 12.7. The highest BCUT2D eigenvalue weighted by Crippen LogP contribution is 2.22. The van der Waals surface area contributed by atoms with Crippen LogP contribution in [-0.2, 0) is 0 Å². The fraction of sp³-hybridized carbons (Fsp3) is 0.533. The predicted molar refractivity (Wildman–Crippen MR) is 81.6 cm³/mol.